The summed E-state index contributed by atoms with van der Waals surface area (Å²) in [4.78, 5) is 14.5. The Hall–Kier alpha value is -2.96. The van der Waals surface area contributed by atoms with Crippen molar-refractivity contribution >= 4 is 11.5 Å². The Kier molecular flexibility index (Phi) is 3.60. The number of nitrogen functional groups attached to an aromatic ring is 1. The Morgan fingerprint density at radius 2 is 2.15 bits per heavy atom. The van der Waals surface area contributed by atoms with E-state index in [4.69, 9.17) is 15.9 Å². The Morgan fingerprint density at radius 3 is 2.80 bits per heavy atom. The number of nitro groups is 1. The normalized spacial score (nSPS) is 10.1. The van der Waals surface area contributed by atoms with Crippen LogP contribution in [0.5, 0.6) is 11.6 Å². The second kappa shape index (κ2) is 5.35. The van der Waals surface area contributed by atoms with Gasteiger partial charge in [-0.2, -0.15) is 0 Å². The molecule has 0 radical (unpaired) electrons. The van der Waals surface area contributed by atoms with E-state index in [0.717, 1.165) is 5.56 Å². The highest BCUT2D eigenvalue weighted by atomic mass is 16.6. The third kappa shape index (κ3) is 2.89. The largest absolute Gasteiger partial charge is 0.432 e. The molecule has 7 heteroatoms. The van der Waals surface area contributed by atoms with Gasteiger partial charge in [0, 0.05) is 12.1 Å². The van der Waals surface area contributed by atoms with Crippen molar-refractivity contribution in [1.29, 1.82) is 5.41 Å². The molecule has 0 saturated carbocycles. The molecular formula is C13H12N4O3. The number of aromatic nitrogens is 1. The number of pyridine rings is 1. The van der Waals surface area contributed by atoms with E-state index in [9.17, 15) is 10.1 Å². The van der Waals surface area contributed by atoms with Gasteiger partial charge in [0.1, 0.15) is 11.5 Å². The first-order valence-corrected chi connectivity index (χ1v) is 5.71. The zero-order valence-electron chi connectivity index (χ0n) is 10.7. The fraction of sp³-hybridized carbons (Fsp3) is 0.0769. The van der Waals surface area contributed by atoms with E-state index in [1.165, 1.54) is 18.2 Å². The Labute approximate surface area is 114 Å². The first kappa shape index (κ1) is 13.5. The van der Waals surface area contributed by atoms with Gasteiger partial charge in [-0.3, -0.25) is 15.5 Å². The molecule has 20 heavy (non-hydrogen) atoms. The van der Waals surface area contributed by atoms with Crippen LogP contribution in [-0.2, 0) is 0 Å². The molecule has 0 unspecified atom stereocenters. The summed E-state index contributed by atoms with van der Waals surface area (Å²) >= 11 is 0. The monoisotopic (exact) mass is 272 g/mol. The molecule has 2 rings (SSSR count). The molecule has 7 nitrogen and oxygen atoms in total. The van der Waals surface area contributed by atoms with Gasteiger partial charge < -0.3 is 10.5 Å². The third-order valence-electron chi connectivity index (χ3n) is 2.53. The number of aryl methyl sites for hydroxylation is 1. The van der Waals surface area contributed by atoms with Crippen LogP contribution < -0.4 is 10.5 Å². The molecule has 3 N–H and O–H groups in total. The average Bonchev–Trinajstić information content (AvgIpc) is 2.41. The fourth-order valence-electron chi connectivity index (χ4n) is 1.59. The predicted octanol–water partition coefficient (Wildman–Crippen LogP) is 2.37. The van der Waals surface area contributed by atoms with E-state index in [1.54, 1.807) is 25.1 Å². The van der Waals surface area contributed by atoms with Gasteiger partial charge in [0.25, 0.3) is 0 Å². The molecule has 0 aliphatic carbocycles. The van der Waals surface area contributed by atoms with Crippen molar-refractivity contribution < 1.29 is 9.66 Å². The standard InChI is InChI=1S/C13H12N4O3/c1-8-5-6-11(10(7-8)17(18)19)20-12-4-2-3-9(16-12)13(14)15/h2-7H,1H3,(H3,14,15). The number of rotatable bonds is 4. The number of amidine groups is 1. The van der Waals surface area contributed by atoms with Gasteiger partial charge in [-0.05, 0) is 24.6 Å². The number of nitro benzene ring substituents is 1. The second-order valence-corrected chi connectivity index (χ2v) is 4.11. The zero-order chi connectivity index (χ0) is 14.7. The highest BCUT2D eigenvalue weighted by molar-refractivity contribution is 5.93. The van der Waals surface area contributed by atoms with Gasteiger partial charge in [0.05, 0.1) is 4.92 Å². The van der Waals surface area contributed by atoms with Crippen LogP contribution in [-0.4, -0.2) is 15.7 Å². The summed E-state index contributed by atoms with van der Waals surface area (Å²) in [6.07, 6.45) is 0. The average molecular weight is 272 g/mol. The number of hydrogen-bond acceptors (Lipinski definition) is 5. The van der Waals surface area contributed by atoms with Gasteiger partial charge in [-0.15, -0.1) is 0 Å². The number of benzene rings is 1. The van der Waals surface area contributed by atoms with E-state index in [0.29, 0.717) is 0 Å². The van der Waals surface area contributed by atoms with Crippen molar-refractivity contribution in [3.05, 3.63) is 57.8 Å². The maximum Gasteiger partial charge on any atom is 0.311 e. The van der Waals surface area contributed by atoms with Gasteiger partial charge in [-0.25, -0.2) is 4.98 Å². The van der Waals surface area contributed by atoms with Crippen molar-refractivity contribution in [2.75, 3.05) is 0 Å². The van der Waals surface area contributed by atoms with E-state index < -0.39 is 4.92 Å². The van der Waals surface area contributed by atoms with Crippen molar-refractivity contribution in [3.8, 4) is 11.6 Å². The van der Waals surface area contributed by atoms with Crippen LogP contribution in [0, 0.1) is 22.4 Å². The molecule has 0 saturated heterocycles. The predicted molar refractivity (Wildman–Crippen MR) is 73.2 cm³/mol. The number of ether oxygens (including phenoxy) is 1. The van der Waals surface area contributed by atoms with Crippen molar-refractivity contribution in [2.45, 2.75) is 6.92 Å². The van der Waals surface area contributed by atoms with Crippen LogP contribution >= 0.6 is 0 Å². The molecule has 0 spiro atoms. The minimum absolute atomic E-state index is 0.0915. The molecule has 1 aromatic heterocycles. The lowest BCUT2D eigenvalue weighted by Gasteiger charge is -2.07. The number of hydrogen-bond donors (Lipinski definition) is 2. The summed E-state index contributed by atoms with van der Waals surface area (Å²) in [7, 11) is 0. The SMILES string of the molecule is Cc1ccc(Oc2cccc(C(=N)N)n2)c([N+](=O)[O-])c1. The first-order valence-electron chi connectivity index (χ1n) is 5.71. The summed E-state index contributed by atoms with van der Waals surface area (Å²) < 4.78 is 5.41. The molecule has 1 aromatic carbocycles. The van der Waals surface area contributed by atoms with Gasteiger partial charge >= 0.3 is 5.69 Å². The van der Waals surface area contributed by atoms with Crippen LogP contribution in [0.2, 0.25) is 0 Å². The lowest BCUT2D eigenvalue weighted by molar-refractivity contribution is -0.385. The smallest absolute Gasteiger partial charge is 0.311 e. The minimum atomic E-state index is -0.517. The summed E-state index contributed by atoms with van der Waals surface area (Å²) in [5, 5.41) is 18.3. The molecule has 102 valence electrons. The lowest BCUT2D eigenvalue weighted by atomic mass is 10.2. The molecule has 0 aliphatic rings. The van der Waals surface area contributed by atoms with E-state index >= 15 is 0 Å². The van der Waals surface area contributed by atoms with E-state index in [2.05, 4.69) is 4.98 Å². The molecule has 0 fully saturated rings. The van der Waals surface area contributed by atoms with Gasteiger partial charge in [0.15, 0.2) is 0 Å². The summed E-state index contributed by atoms with van der Waals surface area (Å²) in [5.41, 5.74) is 6.20. The highest BCUT2D eigenvalue weighted by Crippen LogP contribution is 2.31. The summed E-state index contributed by atoms with van der Waals surface area (Å²) in [6, 6.07) is 9.34. The van der Waals surface area contributed by atoms with Crippen LogP contribution in [0.4, 0.5) is 5.69 Å². The van der Waals surface area contributed by atoms with Crippen LogP contribution in [0.25, 0.3) is 0 Å². The van der Waals surface area contributed by atoms with Crippen LogP contribution in [0.15, 0.2) is 36.4 Å². The van der Waals surface area contributed by atoms with E-state index in [-0.39, 0.29) is 28.8 Å². The molecule has 0 bridgehead atoms. The molecule has 1 heterocycles. The Morgan fingerprint density at radius 1 is 1.40 bits per heavy atom. The number of nitrogens with one attached hydrogen (secondary N) is 1. The molecule has 0 atom stereocenters. The summed E-state index contributed by atoms with van der Waals surface area (Å²) in [5.74, 6) is 0.0345. The molecule has 0 amide bonds. The Bertz CT molecular complexity index is 685. The fourth-order valence-corrected chi connectivity index (χ4v) is 1.59. The second-order valence-electron chi connectivity index (χ2n) is 4.11. The molecule has 0 aliphatic heterocycles. The van der Waals surface area contributed by atoms with Crippen molar-refractivity contribution in [1.82, 2.24) is 4.98 Å². The first-order chi connectivity index (χ1) is 9.47. The summed E-state index contributed by atoms with van der Waals surface area (Å²) in [6.45, 7) is 1.76. The van der Waals surface area contributed by atoms with E-state index in [1.807, 2.05) is 0 Å². The topological polar surface area (TPSA) is 115 Å². The number of nitrogens with two attached hydrogens (primary N) is 1. The zero-order valence-corrected chi connectivity index (χ0v) is 10.7. The van der Waals surface area contributed by atoms with Crippen molar-refractivity contribution in [3.63, 3.8) is 0 Å². The van der Waals surface area contributed by atoms with Crippen molar-refractivity contribution in [2.24, 2.45) is 5.73 Å². The molecular weight excluding hydrogens is 260 g/mol. The van der Waals surface area contributed by atoms with Gasteiger partial charge in [0.2, 0.25) is 11.6 Å². The quantitative estimate of drug-likeness (QED) is 0.383. The minimum Gasteiger partial charge on any atom is -0.432 e. The third-order valence-corrected chi connectivity index (χ3v) is 2.53. The highest BCUT2D eigenvalue weighted by Gasteiger charge is 2.16. The lowest BCUT2D eigenvalue weighted by Crippen LogP contribution is -2.13. The maximum absolute atomic E-state index is 11.0. The van der Waals surface area contributed by atoms with Crippen LogP contribution in [0.1, 0.15) is 11.3 Å². The maximum atomic E-state index is 11.0. The van der Waals surface area contributed by atoms with Gasteiger partial charge in [-0.1, -0.05) is 12.1 Å². The molecule has 2 aromatic rings. The Balaban J connectivity index is 2.37. The number of nitrogens with zero attached hydrogens (tertiary/aromatic N) is 2. The van der Waals surface area contributed by atoms with Crippen LogP contribution in [0.3, 0.4) is 0 Å².